The molecule has 0 unspecified atom stereocenters. The number of hydrogen-bond donors (Lipinski definition) is 2. The molecule has 1 aliphatic heterocycles. The summed E-state index contributed by atoms with van der Waals surface area (Å²) in [6.45, 7) is 7.27. The van der Waals surface area contributed by atoms with E-state index in [1.165, 1.54) is 0 Å². The lowest BCUT2D eigenvalue weighted by Gasteiger charge is -2.32. The molecule has 1 fully saturated rings. The van der Waals surface area contributed by atoms with Crippen LogP contribution in [0.1, 0.15) is 49.0 Å². The summed E-state index contributed by atoms with van der Waals surface area (Å²) < 4.78 is 9.09. The van der Waals surface area contributed by atoms with Crippen molar-refractivity contribution >= 4 is 17.4 Å². The van der Waals surface area contributed by atoms with Gasteiger partial charge in [-0.15, -0.1) is 5.10 Å². The lowest BCUT2D eigenvalue weighted by molar-refractivity contribution is -0.0605. The molecule has 0 radical (unpaired) electrons. The molecule has 0 spiro atoms. The highest BCUT2D eigenvalue weighted by Gasteiger charge is 2.32. The van der Waals surface area contributed by atoms with Gasteiger partial charge >= 0.3 is 0 Å². The maximum Gasteiger partial charge on any atom is 0.265 e. The van der Waals surface area contributed by atoms with Gasteiger partial charge in [0.1, 0.15) is 4.88 Å². The van der Waals surface area contributed by atoms with Crippen molar-refractivity contribution in [3.05, 3.63) is 10.6 Å². The molecule has 0 bridgehead atoms. The Morgan fingerprint density at radius 2 is 2.10 bits per heavy atom. The van der Waals surface area contributed by atoms with Gasteiger partial charge in [0.05, 0.1) is 11.3 Å². The summed E-state index contributed by atoms with van der Waals surface area (Å²) in [6, 6.07) is 0. The third kappa shape index (κ3) is 3.53. The second kappa shape index (κ2) is 5.75. The molecular weight excluding hydrogens is 278 g/mol. The highest BCUT2D eigenvalue weighted by molar-refractivity contribution is 7.08. The molecule has 0 saturated carbocycles. The normalized spacial score (nSPS) is 18.8. The first kappa shape index (κ1) is 15.3. The summed E-state index contributed by atoms with van der Waals surface area (Å²) in [4.78, 5) is 12.8. The van der Waals surface area contributed by atoms with Gasteiger partial charge in [-0.3, -0.25) is 4.79 Å². The molecule has 112 valence electrons. The molecule has 1 aliphatic rings. The molecule has 6 nitrogen and oxygen atoms in total. The van der Waals surface area contributed by atoms with Crippen molar-refractivity contribution in [1.82, 2.24) is 14.9 Å². The minimum Gasteiger partial charge on any atom is -0.388 e. The number of ether oxygens (including phenoxy) is 1. The summed E-state index contributed by atoms with van der Waals surface area (Å²) in [5.41, 5.74) is -0.401. The Morgan fingerprint density at radius 3 is 2.70 bits per heavy atom. The fraction of sp³-hybridized carbons (Fsp3) is 0.769. The maximum absolute atomic E-state index is 12.2. The molecule has 0 aliphatic carbocycles. The van der Waals surface area contributed by atoms with Crippen LogP contribution < -0.4 is 5.32 Å². The molecule has 0 aromatic carbocycles. The fourth-order valence-electron chi connectivity index (χ4n) is 2.08. The Balaban J connectivity index is 2.00. The largest absolute Gasteiger partial charge is 0.388 e. The molecule has 2 heterocycles. The van der Waals surface area contributed by atoms with Crippen molar-refractivity contribution in [2.24, 2.45) is 0 Å². The average Bonchev–Trinajstić information content (AvgIpc) is 2.86. The molecule has 2 N–H and O–H groups in total. The quantitative estimate of drug-likeness (QED) is 0.873. The summed E-state index contributed by atoms with van der Waals surface area (Å²) in [7, 11) is 0. The lowest BCUT2D eigenvalue weighted by atomic mass is 9.91. The van der Waals surface area contributed by atoms with Crippen LogP contribution in [-0.2, 0) is 10.2 Å². The zero-order valence-corrected chi connectivity index (χ0v) is 12.9. The van der Waals surface area contributed by atoms with Crippen LogP contribution in [-0.4, -0.2) is 46.0 Å². The van der Waals surface area contributed by atoms with E-state index in [1.54, 1.807) is 0 Å². The molecule has 1 amide bonds. The number of nitrogens with zero attached hydrogens (tertiary/aromatic N) is 2. The van der Waals surface area contributed by atoms with E-state index >= 15 is 0 Å². The first-order valence-electron chi connectivity index (χ1n) is 6.73. The predicted molar refractivity (Wildman–Crippen MR) is 75.9 cm³/mol. The molecule has 20 heavy (non-hydrogen) atoms. The van der Waals surface area contributed by atoms with Gasteiger partial charge in [0.2, 0.25) is 0 Å². The van der Waals surface area contributed by atoms with Crippen LogP contribution in [0.2, 0.25) is 0 Å². The van der Waals surface area contributed by atoms with Crippen molar-refractivity contribution < 1.29 is 14.6 Å². The summed E-state index contributed by atoms with van der Waals surface area (Å²) in [6.07, 6.45) is 1.08. The number of carbonyl (C=O) groups excluding carboxylic acids is 1. The topological polar surface area (TPSA) is 84.3 Å². The van der Waals surface area contributed by atoms with Crippen LogP contribution in [0.15, 0.2) is 0 Å². The van der Waals surface area contributed by atoms with Crippen molar-refractivity contribution in [3.63, 3.8) is 0 Å². The zero-order chi connectivity index (χ0) is 14.8. The van der Waals surface area contributed by atoms with Gasteiger partial charge in [-0.1, -0.05) is 25.3 Å². The molecule has 7 heteroatoms. The summed E-state index contributed by atoms with van der Waals surface area (Å²) in [5.74, 6) is -0.218. The number of hydrogen-bond acceptors (Lipinski definition) is 6. The molecule has 1 aromatic heterocycles. The molecule has 1 aromatic rings. The number of amides is 1. The van der Waals surface area contributed by atoms with Crippen LogP contribution in [0, 0.1) is 0 Å². The van der Waals surface area contributed by atoms with E-state index in [9.17, 15) is 9.90 Å². The maximum atomic E-state index is 12.2. The highest BCUT2D eigenvalue weighted by atomic mass is 32.1. The lowest BCUT2D eigenvalue weighted by Crippen LogP contribution is -2.46. The van der Waals surface area contributed by atoms with Crippen molar-refractivity contribution in [2.45, 2.75) is 44.6 Å². The Hall–Kier alpha value is -1.05. The number of aliphatic hydroxyl groups is 1. The predicted octanol–water partition coefficient (Wildman–Crippen LogP) is 1.11. The van der Waals surface area contributed by atoms with Crippen LogP contribution in [0.5, 0.6) is 0 Å². The van der Waals surface area contributed by atoms with Gasteiger partial charge in [0, 0.05) is 38.0 Å². The molecule has 2 rings (SSSR count). The van der Waals surface area contributed by atoms with E-state index in [2.05, 4.69) is 14.9 Å². The van der Waals surface area contributed by atoms with Gasteiger partial charge in [-0.05, 0) is 11.5 Å². The highest BCUT2D eigenvalue weighted by Crippen LogP contribution is 2.26. The van der Waals surface area contributed by atoms with E-state index in [0.29, 0.717) is 36.6 Å². The number of carbonyl (C=O) groups is 1. The van der Waals surface area contributed by atoms with Crippen molar-refractivity contribution in [2.75, 3.05) is 19.8 Å². The fourth-order valence-corrected chi connectivity index (χ4v) is 2.88. The first-order chi connectivity index (χ1) is 9.32. The van der Waals surface area contributed by atoms with Gasteiger partial charge in [-0.25, -0.2) is 0 Å². The monoisotopic (exact) mass is 299 g/mol. The van der Waals surface area contributed by atoms with E-state index in [-0.39, 0.29) is 17.9 Å². The average molecular weight is 299 g/mol. The molecule has 1 saturated heterocycles. The molecular formula is C13H21N3O3S. The number of nitrogens with one attached hydrogen (secondary N) is 1. The van der Waals surface area contributed by atoms with Crippen LogP contribution in [0.25, 0.3) is 0 Å². The zero-order valence-electron chi connectivity index (χ0n) is 12.1. The van der Waals surface area contributed by atoms with E-state index in [4.69, 9.17) is 4.74 Å². The van der Waals surface area contributed by atoms with E-state index in [1.807, 2.05) is 20.8 Å². The second-order valence-corrected chi connectivity index (χ2v) is 6.97. The van der Waals surface area contributed by atoms with Crippen molar-refractivity contribution in [1.29, 1.82) is 0 Å². The Morgan fingerprint density at radius 1 is 1.45 bits per heavy atom. The van der Waals surface area contributed by atoms with Crippen LogP contribution >= 0.6 is 11.5 Å². The standard InChI is InChI=1S/C13H21N3O3S/c1-12(2,3)10-9(20-16-15-10)11(17)14-8-13(18)4-6-19-7-5-13/h18H,4-8H2,1-3H3,(H,14,17). The van der Waals surface area contributed by atoms with Gasteiger partial charge < -0.3 is 15.2 Å². The van der Waals surface area contributed by atoms with Crippen LogP contribution in [0.3, 0.4) is 0 Å². The first-order valence-corrected chi connectivity index (χ1v) is 7.50. The summed E-state index contributed by atoms with van der Waals surface area (Å²) >= 11 is 1.09. The minimum absolute atomic E-state index is 0.218. The van der Waals surface area contributed by atoms with Crippen LogP contribution in [0.4, 0.5) is 0 Å². The Labute approximate surface area is 122 Å². The van der Waals surface area contributed by atoms with E-state index < -0.39 is 5.60 Å². The van der Waals surface area contributed by atoms with Gasteiger partial charge in [0.15, 0.2) is 0 Å². The summed E-state index contributed by atoms with van der Waals surface area (Å²) in [5, 5.41) is 17.2. The Bertz CT molecular complexity index is 475. The third-order valence-electron chi connectivity index (χ3n) is 3.41. The minimum atomic E-state index is -0.867. The van der Waals surface area contributed by atoms with Crippen molar-refractivity contribution in [3.8, 4) is 0 Å². The second-order valence-electron chi connectivity index (χ2n) is 6.22. The Kier molecular flexibility index (Phi) is 4.41. The smallest absolute Gasteiger partial charge is 0.265 e. The third-order valence-corrected chi connectivity index (χ3v) is 4.13. The number of aromatic nitrogens is 2. The van der Waals surface area contributed by atoms with Gasteiger partial charge in [0.25, 0.3) is 5.91 Å². The molecule has 0 atom stereocenters. The SMILES string of the molecule is CC(C)(C)c1nnsc1C(=O)NCC1(O)CCOCC1. The van der Waals surface area contributed by atoms with E-state index in [0.717, 1.165) is 11.5 Å². The number of rotatable bonds is 3. The van der Waals surface area contributed by atoms with Gasteiger partial charge in [-0.2, -0.15) is 0 Å².